The topological polar surface area (TPSA) is 30.5 Å². The van der Waals surface area contributed by atoms with Crippen molar-refractivity contribution < 1.29 is 9.47 Å². The molecule has 0 saturated carbocycles. The fourth-order valence-electron chi connectivity index (χ4n) is 3.13. The number of para-hydroxylation sites is 1. The van der Waals surface area contributed by atoms with Gasteiger partial charge in [0.1, 0.15) is 11.5 Å². The van der Waals surface area contributed by atoms with E-state index in [1.807, 2.05) is 25.2 Å². The summed E-state index contributed by atoms with van der Waals surface area (Å²) in [5, 5.41) is 3.44. The molecule has 0 radical (unpaired) electrons. The molecule has 3 heteroatoms. The number of aryl methyl sites for hydroxylation is 1. The second-order valence-electron chi connectivity index (χ2n) is 5.47. The Labute approximate surface area is 125 Å². The third kappa shape index (κ3) is 2.49. The summed E-state index contributed by atoms with van der Waals surface area (Å²) in [6, 6.07) is 14.8. The SMILES string of the molecule is CNC(c1cc(C)ccc1OC)C1COc2ccccc21. The largest absolute Gasteiger partial charge is 0.496 e. The standard InChI is InChI=1S/C18H21NO2/c1-12-8-9-16(20-3)14(10-12)18(19-2)15-11-21-17-7-5-4-6-13(15)17/h4-10,15,18-19H,11H2,1-3H3. The van der Waals surface area contributed by atoms with Gasteiger partial charge in [0.2, 0.25) is 0 Å². The van der Waals surface area contributed by atoms with Crippen LogP contribution in [0.5, 0.6) is 11.5 Å². The highest BCUT2D eigenvalue weighted by Gasteiger charge is 2.32. The van der Waals surface area contributed by atoms with Gasteiger partial charge in [0.25, 0.3) is 0 Å². The maximum absolute atomic E-state index is 5.84. The molecule has 0 aromatic heterocycles. The van der Waals surface area contributed by atoms with Crippen LogP contribution in [0.25, 0.3) is 0 Å². The first-order valence-corrected chi connectivity index (χ1v) is 7.28. The molecule has 1 aliphatic heterocycles. The lowest BCUT2D eigenvalue weighted by atomic mass is 9.87. The molecule has 2 unspecified atom stereocenters. The van der Waals surface area contributed by atoms with Crippen molar-refractivity contribution in [1.82, 2.24) is 5.32 Å². The van der Waals surface area contributed by atoms with E-state index in [4.69, 9.17) is 9.47 Å². The van der Waals surface area contributed by atoms with Crippen LogP contribution in [0, 0.1) is 6.92 Å². The van der Waals surface area contributed by atoms with Gasteiger partial charge in [-0.05, 0) is 26.1 Å². The molecular weight excluding hydrogens is 262 g/mol. The van der Waals surface area contributed by atoms with Crippen molar-refractivity contribution in [2.45, 2.75) is 18.9 Å². The Balaban J connectivity index is 2.02. The van der Waals surface area contributed by atoms with Gasteiger partial charge in [-0.2, -0.15) is 0 Å². The van der Waals surface area contributed by atoms with E-state index in [0.29, 0.717) is 12.5 Å². The van der Waals surface area contributed by atoms with E-state index >= 15 is 0 Å². The van der Waals surface area contributed by atoms with Crippen LogP contribution in [0.2, 0.25) is 0 Å². The predicted octanol–water partition coefficient (Wildman–Crippen LogP) is 3.44. The molecule has 0 spiro atoms. The van der Waals surface area contributed by atoms with Gasteiger partial charge in [-0.15, -0.1) is 0 Å². The van der Waals surface area contributed by atoms with Crippen molar-refractivity contribution >= 4 is 0 Å². The Morgan fingerprint density at radius 3 is 2.81 bits per heavy atom. The predicted molar refractivity (Wildman–Crippen MR) is 84.2 cm³/mol. The minimum atomic E-state index is 0.170. The van der Waals surface area contributed by atoms with Crippen molar-refractivity contribution in [1.29, 1.82) is 0 Å². The number of ether oxygens (including phenoxy) is 2. The number of likely N-dealkylation sites (N-methyl/N-ethyl adjacent to an activating group) is 1. The molecule has 1 heterocycles. The van der Waals surface area contributed by atoms with Crippen LogP contribution >= 0.6 is 0 Å². The summed E-state index contributed by atoms with van der Waals surface area (Å²) in [5.74, 6) is 2.21. The van der Waals surface area contributed by atoms with Gasteiger partial charge >= 0.3 is 0 Å². The number of benzene rings is 2. The number of nitrogens with one attached hydrogen (secondary N) is 1. The highest BCUT2D eigenvalue weighted by molar-refractivity contribution is 5.46. The fourth-order valence-corrected chi connectivity index (χ4v) is 3.13. The van der Waals surface area contributed by atoms with Crippen molar-refractivity contribution in [3.8, 4) is 11.5 Å². The molecular formula is C18H21NO2. The van der Waals surface area contributed by atoms with E-state index in [-0.39, 0.29) is 6.04 Å². The molecule has 0 saturated heterocycles. The van der Waals surface area contributed by atoms with E-state index in [0.717, 1.165) is 11.5 Å². The number of hydrogen-bond donors (Lipinski definition) is 1. The quantitative estimate of drug-likeness (QED) is 0.932. The molecule has 2 atom stereocenters. The summed E-state index contributed by atoms with van der Waals surface area (Å²) in [5.41, 5.74) is 3.68. The van der Waals surface area contributed by atoms with Gasteiger partial charge in [0.15, 0.2) is 0 Å². The van der Waals surface area contributed by atoms with Gasteiger partial charge in [0, 0.05) is 23.1 Å². The zero-order valence-corrected chi connectivity index (χ0v) is 12.7. The first-order chi connectivity index (χ1) is 10.2. The van der Waals surface area contributed by atoms with E-state index < -0.39 is 0 Å². The maximum atomic E-state index is 5.84. The molecule has 2 aromatic rings. The van der Waals surface area contributed by atoms with E-state index in [1.165, 1.54) is 16.7 Å². The lowest BCUT2D eigenvalue weighted by Gasteiger charge is -2.25. The van der Waals surface area contributed by atoms with Gasteiger partial charge in [-0.25, -0.2) is 0 Å². The Hall–Kier alpha value is -2.00. The van der Waals surface area contributed by atoms with Gasteiger partial charge < -0.3 is 14.8 Å². The van der Waals surface area contributed by atoms with Gasteiger partial charge in [-0.1, -0.05) is 35.9 Å². The molecule has 0 amide bonds. The maximum Gasteiger partial charge on any atom is 0.123 e. The third-order valence-corrected chi connectivity index (χ3v) is 4.17. The molecule has 110 valence electrons. The van der Waals surface area contributed by atoms with Crippen LogP contribution in [0.4, 0.5) is 0 Å². The van der Waals surface area contributed by atoms with Crippen molar-refractivity contribution in [2.75, 3.05) is 20.8 Å². The lowest BCUT2D eigenvalue weighted by Crippen LogP contribution is -2.25. The summed E-state index contributed by atoms with van der Waals surface area (Å²) in [6.45, 7) is 2.80. The molecule has 0 bridgehead atoms. The summed E-state index contributed by atoms with van der Waals surface area (Å²) < 4.78 is 11.4. The lowest BCUT2D eigenvalue weighted by molar-refractivity contribution is 0.300. The average molecular weight is 283 g/mol. The van der Waals surface area contributed by atoms with Crippen LogP contribution in [0.1, 0.15) is 28.7 Å². The minimum absolute atomic E-state index is 0.170. The first kappa shape index (κ1) is 14.0. The van der Waals surface area contributed by atoms with E-state index in [2.05, 4.69) is 36.5 Å². The highest BCUT2D eigenvalue weighted by Crippen LogP contribution is 2.43. The zero-order valence-electron chi connectivity index (χ0n) is 12.7. The molecule has 1 aliphatic rings. The first-order valence-electron chi connectivity index (χ1n) is 7.28. The Morgan fingerprint density at radius 2 is 2.05 bits per heavy atom. The molecule has 1 N–H and O–H groups in total. The van der Waals surface area contributed by atoms with Crippen LogP contribution in [0.3, 0.4) is 0 Å². The average Bonchev–Trinajstić information content (AvgIpc) is 2.93. The summed E-state index contributed by atoms with van der Waals surface area (Å²) in [7, 11) is 3.72. The van der Waals surface area contributed by atoms with Crippen molar-refractivity contribution in [3.05, 3.63) is 59.2 Å². The summed E-state index contributed by atoms with van der Waals surface area (Å²) in [6.07, 6.45) is 0. The summed E-state index contributed by atoms with van der Waals surface area (Å²) >= 11 is 0. The number of rotatable bonds is 4. The monoisotopic (exact) mass is 283 g/mol. The molecule has 3 rings (SSSR count). The van der Waals surface area contributed by atoms with Crippen molar-refractivity contribution in [3.63, 3.8) is 0 Å². The smallest absolute Gasteiger partial charge is 0.123 e. The van der Waals surface area contributed by atoms with E-state index in [9.17, 15) is 0 Å². The Kier molecular flexibility index (Phi) is 3.84. The van der Waals surface area contributed by atoms with Crippen LogP contribution in [0.15, 0.2) is 42.5 Å². The third-order valence-electron chi connectivity index (χ3n) is 4.17. The van der Waals surface area contributed by atoms with Crippen LogP contribution < -0.4 is 14.8 Å². The molecule has 2 aromatic carbocycles. The molecule has 0 aliphatic carbocycles. The molecule has 3 nitrogen and oxygen atoms in total. The minimum Gasteiger partial charge on any atom is -0.496 e. The number of methoxy groups -OCH3 is 1. The van der Waals surface area contributed by atoms with Gasteiger partial charge in [-0.3, -0.25) is 0 Å². The fraction of sp³-hybridized carbons (Fsp3) is 0.333. The highest BCUT2D eigenvalue weighted by atomic mass is 16.5. The van der Waals surface area contributed by atoms with Crippen LogP contribution in [-0.2, 0) is 0 Å². The van der Waals surface area contributed by atoms with Crippen molar-refractivity contribution in [2.24, 2.45) is 0 Å². The Bertz CT molecular complexity index is 639. The zero-order chi connectivity index (χ0) is 14.8. The normalized spacial score (nSPS) is 18.0. The second-order valence-corrected chi connectivity index (χ2v) is 5.47. The number of fused-ring (bicyclic) bond motifs is 1. The van der Waals surface area contributed by atoms with Crippen LogP contribution in [-0.4, -0.2) is 20.8 Å². The number of hydrogen-bond acceptors (Lipinski definition) is 3. The molecule has 21 heavy (non-hydrogen) atoms. The van der Waals surface area contributed by atoms with E-state index in [1.54, 1.807) is 7.11 Å². The Morgan fingerprint density at radius 1 is 1.24 bits per heavy atom. The summed E-state index contributed by atoms with van der Waals surface area (Å²) in [4.78, 5) is 0. The molecule has 0 fully saturated rings. The second kappa shape index (κ2) is 5.78. The van der Waals surface area contributed by atoms with Gasteiger partial charge in [0.05, 0.1) is 13.7 Å².